The van der Waals surface area contributed by atoms with Crippen LogP contribution in [0.4, 0.5) is 0 Å². The second-order valence-electron chi connectivity index (χ2n) is 2.65. The van der Waals surface area contributed by atoms with Gasteiger partial charge in [0.05, 0.1) is 0 Å². The highest BCUT2D eigenvalue weighted by atomic mass is 31.2. The highest BCUT2D eigenvalue weighted by Crippen LogP contribution is 2.58. The van der Waals surface area contributed by atoms with Crippen LogP contribution in [0.1, 0.15) is 6.42 Å². The Bertz CT molecular complexity index is 170. The summed E-state index contributed by atoms with van der Waals surface area (Å²) in [6.45, 7) is 4.97. The van der Waals surface area contributed by atoms with Crippen LogP contribution in [0.2, 0.25) is 0 Å². The molecule has 0 bridgehead atoms. The van der Waals surface area contributed by atoms with Crippen molar-refractivity contribution in [1.29, 1.82) is 0 Å². The molecule has 52 valence electrons. The fourth-order valence-electron chi connectivity index (χ4n) is 1.00. The predicted octanol–water partition coefficient (Wildman–Crippen LogP) is 1.46. The van der Waals surface area contributed by atoms with Crippen molar-refractivity contribution in [2.24, 2.45) is 5.92 Å². The maximum absolute atomic E-state index is 10.9. The Morgan fingerprint density at radius 3 is 2.56 bits per heavy atom. The number of allylic oxidation sites excluding steroid dienone is 1. The Morgan fingerprint density at radius 1 is 1.89 bits per heavy atom. The van der Waals surface area contributed by atoms with Crippen molar-refractivity contribution < 1.29 is 9.46 Å². The monoisotopic (exact) mass is 146 g/mol. The van der Waals surface area contributed by atoms with Gasteiger partial charge in [0.15, 0.2) is 0 Å². The quantitative estimate of drug-likeness (QED) is 0.473. The van der Waals surface area contributed by atoms with E-state index in [0.717, 1.165) is 6.42 Å². The van der Waals surface area contributed by atoms with Crippen molar-refractivity contribution in [3.8, 4) is 0 Å². The molecule has 0 spiro atoms. The van der Waals surface area contributed by atoms with Crippen LogP contribution in [0.15, 0.2) is 12.7 Å². The van der Waals surface area contributed by atoms with E-state index in [1.54, 1.807) is 6.08 Å². The lowest BCUT2D eigenvalue weighted by molar-refractivity contribution is 0.482. The molecule has 0 aromatic heterocycles. The largest absolute Gasteiger partial charge is 0.344 e. The van der Waals surface area contributed by atoms with Crippen molar-refractivity contribution >= 4 is 7.37 Å². The predicted molar refractivity (Wildman–Crippen MR) is 37.8 cm³/mol. The molecule has 0 aromatic rings. The van der Waals surface area contributed by atoms with Crippen LogP contribution in [0.3, 0.4) is 0 Å². The molecule has 2 nitrogen and oxygen atoms in total. The zero-order chi connectivity index (χ0) is 7.07. The van der Waals surface area contributed by atoms with Crippen molar-refractivity contribution in [2.45, 2.75) is 12.1 Å². The molecule has 9 heavy (non-hydrogen) atoms. The van der Waals surface area contributed by atoms with Crippen LogP contribution >= 0.6 is 7.37 Å². The van der Waals surface area contributed by atoms with Crippen LogP contribution in [-0.2, 0) is 4.57 Å². The maximum atomic E-state index is 10.9. The first-order chi connectivity index (χ1) is 4.05. The first-order valence-corrected chi connectivity index (χ1v) is 5.16. The van der Waals surface area contributed by atoms with E-state index in [9.17, 15) is 4.57 Å². The Hall–Kier alpha value is -0.0700. The number of hydrogen-bond donors (Lipinski definition) is 1. The number of hydrogen-bond acceptors (Lipinski definition) is 1. The van der Waals surface area contributed by atoms with Gasteiger partial charge in [0.1, 0.15) is 0 Å². The third kappa shape index (κ3) is 1.44. The molecular formula is C6H11O2P. The maximum Gasteiger partial charge on any atom is 0.201 e. The normalized spacial score (nSPS) is 39.3. The Labute approximate surface area is 55.0 Å². The molecule has 0 aromatic carbocycles. The fraction of sp³-hybridized carbons (Fsp3) is 0.667. The molecule has 1 aliphatic carbocycles. The average Bonchev–Trinajstić information content (AvgIpc) is 2.39. The van der Waals surface area contributed by atoms with E-state index in [4.69, 9.17) is 4.89 Å². The molecule has 1 aliphatic rings. The molecule has 1 fully saturated rings. The van der Waals surface area contributed by atoms with E-state index in [1.807, 2.05) is 0 Å². The summed E-state index contributed by atoms with van der Waals surface area (Å²) in [5.41, 5.74) is 0.0231. The zero-order valence-electron chi connectivity index (χ0n) is 5.45. The SMILES string of the molecule is C=C[C@@H]1C[C@@H]1P(C)(=O)O. The molecule has 3 atom stereocenters. The van der Waals surface area contributed by atoms with Crippen molar-refractivity contribution in [3.05, 3.63) is 12.7 Å². The first-order valence-electron chi connectivity index (χ1n) is 2.98. The Kier molecular flexibility index (Phi) is 1.54. The minimum absolute atomic E-state index is 0.0231. The molecule has 1 rings (SSSR count). The van der Waals surface area contributed by atoms with Crippen LogP contribution in [0.5, 0.6) is 0 Å². The van der Waals surface area contributed by atoms with Crippen LogP contribution in [0.25, 0.3) is 0 Å². The third-order valence-corrected chi connectivity index (χ3v) is 3.55. The zero-order valence-corrected chi connectivity index (χ0v) is 6.34. The van der Waals surface area contributed by atoms with Gasteiger partial charge in [0, 0.05) is 12.3 Å². The second kappa shape index (κ2) is 1.96. The molecule has 3 heteroatoms. The standard InChI is InChI=1S/C6H11O2P/c1-3-5-4-6(5)9(2,7)8/h3,5-6H,1,4H2,2H3,(H,7,8)/t5-,6+/m1/s1. The first kappa shape index (κ1) is 7.04. The van der Waals surface area contributed by atoms with E-state index in [0.29, 0.717) is 5.92 Å². The molecule has 1 saturated carbocycles. The van der Waals surface area contributed by atoms with Crippen molar-refractivity contribution in [3.63, 3.8) is 0 Å². The van der Waals surface area contributed by atoms with Gasteiger partial charge in [-0.3, -0.25) is 4.57 Å². The van der Waals surface area contributed by atoms with E-state index in [1.165, 1.54) is 6.66 Å². The van der Waals surface area contributed by atoms with Crippen LogP contribution in [0, 0.1) is 5.92 Å². The topological polar surface area (TPSA) is 37.3 Å². The van der Waals surface area contributed by atoms with Crippen LogP contribution < -0.4 is 0 Å². The molecule has 0 heterocycles. The summed E-state index contributed by atoms with van der Waals surface area (Å²) in [5, 5.41) is 0. The summed E-state index contributed by atoms with van der Waals surface area (Å²) >= 11 is 0. The van der Waals surface area contributed by atoms with Crippen molar-refractivity contribution in [1.82, 2.24) is 0 Å². The summed E-state index contributed by atoms with van der Waals surface area (Å²) in [4.78, 5) is 8.97. The van der Waals surface area contributed by atoms with E-state index in [2.05, 4.69) is 6.58 Å². The Morgan fingerprint density at radius 2 is 2.44 bits per heavy atom. The van der Waals surface area contributed by atoms with Gasteiger partial charge in [0.2, 0.25) is 7.37 Å². The smallest absolute Gasteiger partial charge is 0.201 e. The minimum Gasteiger partial charge on any atom is -0.344 e. The van der Waals surface area contributed by atoms with Crippen molar-refractivity contribution in [2.75, 3.05) is 6.66 Å². The van der Waals surface area contributed by atoms with E-state index < -0.39 is 7.37 Å². The second-order valence-corrected chi connectivity index (χ2v) is 5.20. The fourth-order valence-corrected chi connectivity index (χ4v) is 2.47. The van der Waals surface area contributed by atoms with Gasteiger partial charge < -0.3 is 4.89 Å². The highest BCUT2D eigenvalue weighted by Gasteiger charge is 2.44. The lowest BCUT2D eigenvalue weighted by atomic mass is 10.4. The van der Waals surface area contributed by atoms with Gasteiger partial charge >= 0.3 is 0 Å². The summed E-state index contributed by atoms with van der Waals surface area (Å²) in [5.74, 6) is 0.311. The third-order valence-electron chi connectivity index (χ3n) is 1.72. The van der Waals surface area contributed by atoms with Gasteiger partial charge in [-0.1, -0.05) is 6.08 Å². The van der Waals surface area contributed by atoms with E-state index >= 15 is 0 Å². The highest BCUT2D eigenvalue weighted by molar-refractivity contribution is 7.58. The molecule has 0 saturated heterocycles. The summed E-state index contributed by atoms with van der Waals surface area (Å²) in [6, 6.07) is 0. The van der Waals surface area contributed by atoms with E-state index in [-0.39, 0.29) is 5.66 Å². The van der Waals surface area contributed by atoms with Gasteiger partial charge in [-0.2, -0.15) is 0 Å². The average molecular weight is 146 g/mol. The molecule has 0 amide bonds. The lowest BCUT2D eigenvalue weighted by Crippen LogP contribution is -1.86. The molecule has 0 aliphatic heterocycles. The summed E-state index contributed by atoms with van der Waals surface area (Å²) in [7, 11) is -2.77. The summed E-state index contributed by atoms with van der Waals surface area (Å²) in [6.07, 6.45) is 2.62. The van der Waals surface area contributed by atoms with Gasteiger partial charge in [-0.05, 0) is 12.3 Å². The van der Waals surface area contributed by atoms with Gasteiger partial charge in [-0.25, -0.2) is 0 Å². The molecule has 1 unspecified atom stereocenters. The summed E-state index contributed by atoms with van der Waals surface area (Å²) < 4.78 is 10.9. The lowest BCUT2D eigenvalue weighted by Gasteiger charge is -1.99. The van der Waals surface area contributed by atoms with Gasteiger partial charge in [-0.15, -0.1) is 6.58 Å². The molecule has 0 radical (unpaired) electrons. The van der Waals surface area contributed by atoms with Crippen LogP contribution in [-0.4, -0.2) is 17.2 Å². The number of rotatable bonds is 2. The minimum atomic E-state index is -2.77. The Balaban J connectivity index is 2.52. The molecular weight excluding hydrogens is 135 g/mol. The van der Waals surface area contributed by atoms with Gasteiger partial charge in [0.25, 0.3) is 0 Å². The molecule has 1 N–H and O–H groups in total.